The number of likely N-dealkylation sites (tertiary alicyclic amines) is 2. The SMILES string of the molecule is CCCC(NC(=O)Oc1ccc2ccccc2c1)C(=O)N1CCC2C1C(=O)CN2C(=O)Cc1cccnc1. The Balaban J connectivity index is 1.24. The number of rotatable bonds is 7. The van der Waals surface area contributed by atoms with E-state index in [4.69, 9.17) is 4.74 Å². The lowest BCUT2D eigenvalue weighted by Crippen LogP contribution is -2.53. The van der Waals surface area contributed by atoms with Crippen LogP contribution in [0.1, 0.15) is 31.7 Å². The molecule has 2 aliphatic heterocycles. The van der Waals surface area contributed by atoms with E-state index >= 15 is 0 Å². The third-order valence-electron chi connectivity index (χ3n) is 7.20. The van der Waals surface area contributed by atoms with Crippen molar-refractivity contribution in [2.24, 2.45) is 0 Å². The van der Waals surface area contributed by atoms with Gasteiger partial charge in [0, 0.05) is 18.9 Å². The second kappa shape index (κ2) is 11.0. The van der Waals surface area contributed by atoms with Crippen LogP contribution in [0.25, 0.3) is 10.8 Å². The van der Waals surface area contributed by atoms with Gasteiger partial charge in [0.1, 0.15) is 17.8 Å². The minimum absolute atomic E-state index is 0.0198. The first-order valence-electron chi connectivity index (χ1n) is 12.9. The first kappa shape index (κ1) is 25.4. The quantitative estimate of drug-likeness (QED) is 0.519. The lowest BCUT2D eigenvalue weighted by Gasteiger charge is -2.28. The lowest BCUT2D eigenvalue weighted by atomic mass is 10.1. The number of ketones is 1. The number of carbonyl (C=O) groups excluding carboxylic acids is 4. The monoisotopic (exact) mass is 514 g/mol. The zero-order valence-electron chi connectivity index (χ0n) is 21.2. The first-order chi connectivity index (χ1) is 18.4. The predicted octanol–water partition coefficient (Wildman–Crippen LogP) is 3.12. The van der Waals surface area contributed by atoms with Crippen LogP contribution >= 0.6 is 0 Å². The second-order valence-electron chi connectivity index (χ2n) is 9.74. The van der Waals surface area contributed by atoms with Gasteiger partial charge in [0.2, 0.25) is 11.8 Å². The standard InChI is InChI=1S/C29H30N4O5/c1-2-6-23(31-29(37)38-22-11-10-20-8-3-4-9-21(20)16-22)28(36)32-14-12-24-27(32)25(34)18-33(24)26(35)15-19-7-5-13-30-17-19/h3-5,7-11,13,16-17,23-24,27H,2,6,12,14-15,18H2,1H3,(H,31,37). The zero-order valence-corrected chi connectivity index (χ0v) is 21.2. The molecule has 0 radical (unpaired) electrons. The van der Waals surface area contributed by atoms with Crippen molar-refractivity contribution in [2.75, 3.05) is 13.1 Å². The number of pyridine rings is 1. The van der Waals surface area contributed by atoms with E-state index in [2.05, 4.69) is 10.3 Å². The molecule has 3 aromatic rings. The number of ether oxygens (including phenoxy) is 1. The highest BCUT2D eigenvalue weighted by Gasteiger charge is 2.52. The molecule has 1 aromatic heterocycles. The molecule has 3 atom stereocenters. The van der Waals surface area contributed by atoms with E-state index in [1.165, 1.54) is 4.90 Å². The van der Waals surface area contributed by atoms with E-state index in [0.717, 1.165) is 16.3 Å². The molecule has 3 heterocycles. The number of hydrogen-bond donors (Lipinski definition) is 1. The molecule has 2 fully saturated rings. The fraction of sp³-hybridized carbons (Fsp3) is 0.345. The van der Waals surface area contributed by atoms with Gasteiger partial charge in [0.25, 0.3) is 0 Å². The molecule has 3 unspecified atom stereocenters. The van der Waals surface area contributed by atoms with Gasteiger partial charge in [0.15, 0.2) is 5.78 Å². The summed E-state index contributed by atoms with van der Waals surface area (Å²) in [6, 6.07) is 14.8. The molecule has 1 N–H and O–H groups in total. The van der Waals surface area contributed by atoms with Crippen LogP contribution in [0, 0.1) is 0 Å². The summed E-state index contributed by atoms with van der Waals surface area (Å²) < 4.78 is 5.48. The van der Waals surface area contributed by atoms with Crippen LogP contribution in [0.5, 0.6) is 5.75 Å². The van der Waals surface area contributed by atoms with Crippen LogP contribution in [-0.2, 0) is 20.8 Å². The maximum absolute atomic E-state index is 13.5. The van der Waals surface area contributed by atoms with Gasteiger partial charge in [-0.15, -0.1) is 0 Å². The maximum Gasteiger partial charge on any atom is 0.413 e. The van der Waals surface area contributed by atoms with Crippen LogP contribution in [0.2, 0.25) is 0 Å². The van der Waals surface area contributed by atoms with Gasteiger partial charge >= 0.3 is 6.09 Å². The average molecular weight is 515 g/mol. The van der Waals surface area contributed by atoms with E-state index in [9.17, 15) is 19.2 Å². The number of fused-ring (bicyclic) bond motifs is 2. The summed E-state index contributed by atoms with van der Waals surface area (Å²) in [7, 11) is 0. The molecule has 196 valence electrons. The van der Waals surface area contributed by atoms with Crippen molar-refractivity contribution in [1.29, 1.82) is 0 Å². The summed E-state index contributed by atoms with van der Waals surface area (Å²) in [6.45, 7) is 2.25. The molecule has 0 saturated carbocycles. The average Bonchev–Trinajstić information content (AvgIpc) is 3.50. The zero-order chi connectivity index (χ0) is 26.6. The van der Waals surface area contributed by atoms with Crippen molar-refractivity contribution >= 4 is 34.5 Å². The van der Waals surface area contributed by atoms with Crippen LogP contribution in [0.3, 0.4) is 0 Å². The molecule has 2 saturated heterocycles. The summed E-state index contributed by atoms with van der Waals surface area (Å²) in [5.74, 6) is -0.270. The molecular weight excluding hydrogens is 484 g/mol. The molecule has 2 aromatic carbocycles. The summed E-state index contributed by atoms with van der Waals surface area (Å²) in [6.07, 6.45) is 4.27. The number of carbonyl (C=O) groups is 4. The highest BCUT2D eigenvalue weighted by molar-refractivity contribution is 5.99. The summed E-state index contributed by atoms with van der Waals surface area (Å²) in [4.78, 5) is 59.4. The van der Waals surface area contributed by atoms with Gasteiger partial charge in [-0.25, -0.2) is 4.79 Å². The van der Waals surface area contributed by atoms with Crippen LogP contribution in [0.4, 0.5) is 4.79 Å². The first-order valence-corrected chi connectivity index (χ1v) is 12.9. The van der Waals surface area contributed by atoms with Crippen molar-refractivity contribution in [3.63, 3.8) is 0 Å². The van der Waals surface area contributed by atoms with E-state index in [0.29, 0.717) is 31.6 Å². The Bertz CT molecular complexity index is 1360. The van der Waals surface area contributed by atoms with Crippen LogP contribution < -0.4 is 10.1 Å². The van der Waals surface area contributed by atoms with Gasteiger partial charge in [-0.2, -0.15) is 0 Å². The van der Waals surface area contributed by atoms with Crippen molar-refractivity contribution in [3.8, 4) is 5.75 Å². The molecule has 0 bridgehead atoms. The summed E-state index contributed by atoms with van der Waals surface area (Å²) in [5, 5.41) is 4.66. The number of aromatic nitrogens is 1. The third-order valence-corrected chi connectivity index (χ3v) is 7.20. The highest BCUT2D eigenvalue weighted by atomic mass is 16.6. The molecule has 0 aliphatic carbocycles. The van der Waals surface area contributed by atoms with E-state index in [1.807, 2.05) is 43.3 Å². The molecule has 3 amide bonds. The molecule has 0 spiro atoms. The van der Waals surface area contributed by atoms with Crippen molar-refractivity contribution in [1.82, 2.24) is 20.1 Å². The molecule has 9 nitrogen and oxygen atoms in total. The number of benzene rings is 2. The number of nitrogens with one attached hydrogen (secondary N) is 1. The third kappa shape index (κ3) is 5.22. The summed E-state index contributed by atoms with van der Waals surface area (Å²) >= 11 is 0. The van der Waals surface area contributed by atoms with Crippen molar-refractivity contribution in [2.45, 2.75) is 50.7 Å². The van der Waals surface area contributed by atoms with Gasteiger partial charge in [-0.05, 0) is 47.4 Å². The summed E-state index contributed by atoms with van der Waals surface area (Å²) in [5.41, 5.74) is 0.775. The fourth-order valence-corrected chi connectivity index (χ4v) is 5.42. The Hall–Kier alpha value is -4.27. The number of amides is 3. The Morgan fingerprint density at radius 1 is 1.08 bits per heavy atom. The number of hydrogen-bond acceptors (Lipinski definition) is 6. The fourth-order valence-electron chi connectivity index (χ4n) is 5.42. The Labute approximate surface area is 220 Å². The largest absolute Gasteiger partial charge is 0.413 e. The number of nitrogens with zero attached hydrogens (tertiary/aromatic N) is 3. The van der Waals surface area contributed by atoms with Crippen LogP contribution in [0.15, 0.2) is 67.0 Å². The van der Waals surface area contributed by atoms with Crippen LogP contribution in [-0.4, -0.2) is 69.7 Å². The van der Waals surface area contributed by atoms with Gasteiger partial charge in [-0.3, -0.25) is 19.4 Å². The molecule has 38 heavy (non-hydrogen) atoms. The molecule has 2 aliphatic rings. The lowest BCUT2D eigenvalue weighted by molar-refractivity contribution is -0.138. The molecule has 9 heteroatoms. The van der Waals surface area contributed by atoms with Gasteiger partial charge < -0.3 is 19.9 Å². The predicted molar refractivity (Wildman–Crippen MR) is 140 cm³/mol. The van der Waals surface area contributed by atoms with Gasteiger partial charge in [0.05, 0.1) is 19.0 Å². The Morgan fingerprint density at radius 2 is 1.89 bits per heavy atom. The number of Topliss-reactive ketones (excluding diaryl/α,β-unsaturated/α-hetero) is 1. The topological polar surface area (TPSA) is 109 Å². The Morgan fingerprint density at radius 3 is 2.66 bits per heavy atom. The van der Waals surface area contributed by atoms with E-state index in [-0.39, 0.29) is 36.6 Å². The Kier molecular flexibility index (Phi) is 7.35. The maximum atomic E-state index is 13.5. The normalized spacial score (nSPS) is 19.3. The minimum Gasteiger partial charge on any atom is -0.410 e. The molecular formula is C29H30N4O5. The second-order valence-corrected chi connectivity index (χ2v) is 9.74. The van der Waals surface area contributed by atoms with E-state index < -0.39 is 18.2 Å². The molecule has 5 rings (SSSR count). The highest BCUT2D eigenvalue weighted by Crippen LogP contribution is 2.31. The van der Waals surface area contributed by atoms with Crippen molar-refractivity contribution < 1.29 is 23.9 Å². The van der Waals surface area contributed by atoms with E-state index in [1.54, 1.807) is 35.5 Å². The minimum atomic E-state index is -0.834. The van der Waals surface area contributed by atoms with Gasteiger partial charge in [-0.1, -0.05) is 49.7 Å². The van der Waals surface area contributed by atoms with Crippen molar-refractivity contribution in [3.05, 3.63) is 72.6 Å². The smallest absolute Gasteiger partial charge is 0.410 e.